The van der Waals surface area contributed by atoms with Crippen LogP contribution < -0.4 is 10.1 Å². The van der Waals surface area contributed by atoms with E-state index in [0.29, 0.717) is 11.3 Å². The molecule has 2 rings (SSSR count). The zero-order valence-corrected chi connectivity index (χ0v) is 11.8. The average molecular weight is 346 g/mol. The van der Waals surface area contributed by atoms with E-state index in [0.717, 1.165) is 4.47 Å². The summed E-state index contributed by atoms with van der Waals surface area (Å²) in [6, 6.07) is 10.7. The minimum Gasteiger partial charge on any atom is -0.434 e. The highest BCUT2D eigenvalue weighted by molar-refractivity contribution is 9.10. The lowest BCUT2D eigenvalue weighted by Crippen LogP contribution is -2.07. The highest BCUT2D eigenvalue weighted by Gasteiger charge is 2.10. The van der Waals surface area contributed by atoms with Crippen molar-refractivity contribution >= 4 is 21.6 Å². The summed E-state index contributed by atoms with van der Waals surface area (Å²) in [5.41, 5.74) is 1.11. The van der Waals surface area contributed by atoms with Crippen molar-refractivity contribution in [3.63, 3.8) is 0 Å². The maximum atomic E-state index is 13.0. The first kappa shape index (κ1) is 14.7. The molecule has 106 valence electrons. The largest absolute Gasteiger partial charge is 0.434 e. The van der Waals surface area contributed by atoms with Gasteiger partial charge in [0.15, 0.2) is 0 Å². The Morgan fingerprint density at radius 1 is 1.15 bits per heavy atom. The summed E-state index contributed by atoms with van der Waals surface area (Å²) in [7, 11) is 0. The number of ether oxygens (including phenoxy) is 1. The third kappa shape index (κ3) is 4.16. The number of hydrogen-bond donors (Lipinski definition) is 1. The van der Waals surface area contributed by atoms with Crippen LogP contribution in [0.15, 0.2) is 46.9 Å². The molecule has 0 aliphatic carbocycles. The quantitative estimate of drug-likeness (QED) is 0.840. The van der Waals surface area contributed by atoms with Crippen molar-refractivity contribution in [2.45, 2.75) is 13.2 Å². The molecule has 0 atom stereocenters. The van der Waals surface area contributed by atoms with Crippen molar-refractivity contribution in [3.05, 3.63) is 58.3 Å². The van der Waals surface area contributed by atoms with Crippen molar-refractivity contribution in [2.75, 3.05) is 5.32 Å². The zero-order valence-electron chi connectivity index (χ0n) is 10.2. The van der Waals surface area contributed by atoms with Crippen molar-refractivity contribution in [2.24, 2.45) is 0 Å². The Hall–Kier alpha value is -1.69. The number of nitrogens with one attached hydrogen (secondary N) is 1. The Morgan fingerprint density at radius 3 is 2.65 bits per heavy atom. The molecule has 0 aliphatic heterocycles. The molecular weight excluding hydrogens is 335 g/mol. The van der Waals surface area contributed by atoms with Gasteiger partial charge in [-0.3, -0.25) is 0 Å². The lowest BCUT2D eigenvalue weighted by molar-refractivity contribution is -0.0504. The van der Waals surface area contributed by atoms with Crippen molar-refractivity contribution in [1.29, 1.82) is 0 Å². The van der Waals surface area contributed by atoms with Crippen molar-refractivity contribution < 1.29 is 17.9 Å². The molecule has 0 radical (unpaired) electrons. The first-order chi connectivity index (χ1) is 9.54. The van der Waals surface area contributed by atoms with E-state index < -0.39 is 6.61 Å². The van der Waals surface area contributed by atoms with Gasteiger partial charge in [-0.25, -0.2) is 4.39 Å². The normalized spacial score (nSPS) is 10.7. The summed E-state index contributed by atoms with van der Waals surface area (Å²) in [6.07, 6.45) is 0. The maximum Gasteiger partial charge on any atom is 0.387 e. The van der Waals surface area contributed by atoms with Gasteiger partial charge in [0.2, 0.25) is 0 Å². The summed E-state index contributed by atoms with van der Waals surface area (Å²) >= 11 is 3.27. The molecule has 2 nitrogen and oxygen atoms in total. The van der Waals surface area contributed by atoms with Crippen molar-refractivity contribution in [1.82, 2.24) is 0 Å². The Kier molecular flexibility index (Phi) is 4.89. The van der Waals surface area contributed by atoms with Crippen LogP contribution in [0.1, 0.15) is 5.56 Å². The summed E-state index contributed by atoms with van der Waals surface area (Å²) < 4.78 is 42.9. The van der Waals surface area contributed by atoms with Crippen LogP contribution in [-0.2, 0) is 6.54 Å². The van der Waals surface area contributed by atoms with Gasteiger partial charge >= 0.3 is 6.61 Å². The smallest absolute Gasteiger partial charge is 0.387 e. The monoisotopic (exact) mass is 345 g/mol. The molecule has 0 aliphatic rings. The molecule has 20 heavy (non-hydrogen) atoms. The van der Waals surface area contributed by atoms with Gasteiger partial charge in [0.1, 0.15) is 11.6 Å². The molecular formula is C14H11BrF3NO. The molecule has 1 N–H and O–H groups in total. The van der Waals surface area contributed by atoms with Crippen molar-refractivity contribution in [3.8, 4) is 5.75 Å². The highest BCUT2D eigenvalue weighted by atomic mass is 79.9. The fourth-order valence-electron chi connectivity index (χ4n) is 1.69. The molecule has 0 bridgehead atoms. The minimum absolute atomic E-state index is 0.0899. The van der Waals surface area contributed by atoms with Crippen LogP contribution in [-0.4, -0.2) is 6.61 Å². The van der Waals surface area contributed by atoms with E-state index >= 15 is 0 Å². The molecule has 2 aromatic carbocycles. The second-order valence-electron chi connectivity index (χ2n) is 3.99. The molecule has 2 aromatic rings. The molecule has 0 amide bonds. The standard InChI is InChI=1S/C14H11BrF3NO/c15-10-4-5-13(20-14(17)18)9(6-10)8-19-12-3-1-2-11(16)7-12/h1-7,14,19H,8H2. The van der Waals surface area contributed by atoms with Crippen LogP contribution in [0.3, 0.4) is 0 Å². The van der Waals surface area contributed by atoms with Gasteiger partial charge < -0.3 is 10.1 Å². The number of halogens is 4. The predicted molar refractivity (Wildman–Crippen MR) is 74.5 cm³/mol. The van der Waals surface area contributed by atoms with Gasteiger partial charge in [-0.1, -0.05) is 22.0 Å². The minimum atomic E-state index is -2.89. The van der Waals surface area contributed by atoms with Gasteiger partial charge in [0.05, 0.1) is 0 Å². The summed E-state index contributed by atoms with van der Waals surface area (Å²) in [5.74, 6) is -0.277. The number of alkyl halides is 2. The molecule has 0 fully saturated rings. The Morgan fingerprint density at radius 2 is 1.95 bits per heavy atom. The lowest BCUT2D eigenvalue weighted by Gasteiger charge is -2.12. The van der Waals surface area contributed by atoms with Crippen LogP contribution in [0, 0.1) is 5.82 Å². The third-order valence-corrected chi connectivity index (χ3v) is 3.04. The van der Waals surface area contributed by atoms with E-state index in [9.17, 15) is 13.2 Å². The van der Waals surface area contributed by atoms with Crippen LogP contribution >= 0.6 is 15.9 Å². The second-order valence-corrected chi connectivity index (χ2v) is 4.91. The molecule has 0 unspecified atom stereocenters. The summed E-state index contributed by atoms with van der Waals surface area (Å²) in [4.78, 5) is 0. The van der Waals surface area contributed by atoms with Gasteiger partial charge in [0.25, 0.3) is 0 Å². The predicted octanol–water partition coefficient (Wildman–Crippen LogP) is 4.80. The third-order valence-electron chi connectivity index (χ3n) is 2.55. The summed E-state index contributed by atoms with van der Waals surface area (Å²) in [5, 5.41) is 2.96. The molecule has 0 heterocycles. The van der Waals surface area contributed by atoms with E-state index in [2.05, 4.69) is 26.0 Å². The van der Waals surface area contributed by atoms with Crippen LogP contribution in [0.2, 0.25) is 0 Å². The Bertz CT molecular complexity index is 592. The Labute approximate surface area is 122 Å². The highest BCUT2D eigenvalue weighted by Crippen LogP contribution is 2.25. The Balaban J connectivity index is 2.13. The second kappa shape index (κ2) is 6.65. The fourth-order valence-corrected chi connectivity index (χ4v) is 2.10. The van der Waals surface area contributed by atoms with Gasteiger partial charge in [0, 0.05) is 22.3 Å². The van der Waals surface area contributed by atoms with Gasteiger partial charge in [-0.05, 0) is 36.4 Å². The lowest BCUT2D eigenvalue weighted by atomic mass is 10.2. The van der Waals surface area contributed by atoms with Gasteiger partial charge in [-0.15, -0.1) is 0 Å². The van der Waals surface area contributed by atoms with Gasteiger partial charge in [-0.2, -0.15) is 8.78 Å². The molecule has 0 saturated carbocycles. The van der Waals surface area contributed by atoms with E-state index in [-0.39, 0.29) is 18.1 Å². The average Bonchev–Trinajstić information content (AvgIpc) is 2.39. The first-order valence-corrected chi connectivity index (χ1v) is 6.56. The fraction of sp³-hybridized carbons (Fsp3) is 0.143. The molecule has 0 aromatic heterocycles. The number of rotatable bonds is 5. The number of hydrogen-bond acceptors (Lipinski definition) is 2. The van der Waals surface area contributed by atoms with E-state index in [1.165, 1.54) is 18.2 Å². The molecule has 6 heteroatoms. The van der Waals surface area contributed by atoms with Crippen LogP contribution in [0.5, 0.6) is 5.75 Å². The van der Waals surface area contributed by atoms with E-state index in [4.69, 9.17) is 0 Å². The first-order valence-electron chi connectivity index (χ1n) is 5.77. The SMILES string of the molecule is Fc1cccc(NCc2cc(Br)ccc2OC(F)F)c1. The topological polar surface area (TPSA) is 21.3 Å². The summed E-state index contributed by atoms with van der Waals surface area (Å²) in [6.45, 7) is -2.64. The number of benzene rings is 2. The van der Waals surface area contributed by atoms with Crippen LogP contribution in [0.4, 0.5) is 18.9 Å². The molecule has 0 saturated heterocycles. The van der Waals surface area contributed by atoms with E-state index in [1.54, 1.807) is 24.3 Å². The van der Waals surface area contributed by atoms with Crippen LogP contribution in [0.25, 0.3) is 0 Å². The molecule has 0 spiro atoms. The number of anilines is 1. The maximum absolute atomic E-state index is 13.0. The van der Waals surface area contributed by atoms with E-state index in [1.807, 2.05) is 0 Å². The zero-order chi connectivity index (χ0) is 14.5.